The Kier molecular flexibility index (Phi) is 5.12. The predicted molar refractivity (Wildman–Crippen MR) is 81.0 cm³/mol. The standard InChI is InChI=1S/C16H24ClNO/c1-4-11(2)7-12(3)18-10-14-9-15(17)8-13-5-6-19-16(13)14/h8-9,11-12,18H,4-7,10H2,1-3H3. The molecule has 0 aliphatic carbocycles. The predicted octanol–water partition coefficient (Wildman–Crippen LogP) is 4.19. The van der Waals surface area contributed by atoms with Gasteiger partial charge in [0.15, 0.2) is 0 Å². The summed E-state index contributed by atoms with van der Waals surface area (Å²) in [6.07, 6.45) is 3.42. The lowest BCUT2D eigenvalue weighted by Crippen LogP contribution is -2.27. The molecular formula is C16H24ClNO. The van der Waals surface area contributed by atoms with E-state index in [9.17, 15) is 0 Å². The summed E-state index contributed by atoms with van der Waals surface area (Å²) in [6.45, 7) is 8.41. The fourth-order valence-corrected chi connectivity index (χ4v) is 2.88. The minimum atomic E-state index is 0.519. The second-order valence-corrected chi connectivity index (χ2v) is 6.12. The number of nitrogens with one attached hydrogen (secondary N) is 1. The topological polar surface area (TPSA) is 21.3 Å². The lowest BCUT2D eigenvalue weighted by Gasteiger charge is -2.18. The highest BCUT2D eigenvalue weighted by Crippen LogP contribution is 2.32. The Morgan fingerprint density at radius 3 is 2.89 bits per heavy atom. The largest absolute Gasteiger partial charge is 0.493 e. The Balaban J connectivity index is 1.96. The van der Waals surface area contributed by atoms with Crippen molar-refractivity contribution in [2.45, 2.75) is 52.6 Å². The van der Waals surface area contributed by atoms with Crippen LogP contribution in [0.4, 0.5) is 0 Å². The molecule has 2 unspecified atom stereocenters. The molecule has 0 bridgehead atoms. The van der Waals surface area contributed by atoms with E-state index in [4.69, 9.17) is 16.3 Å². The van der Waals surface area contributed by atoms with E-state index in [1.165, 1.54) is 24.0 Å². The van der Waals surface area contributed by atoms with Gasteiger partial charge in [0.1, 0.15) is 5.75 Å². The summed E-state index contributed by atoms with van der Waals surface area (Å²) in [6, 6.07) is 4.57. The summed E-state index contributed by atoms with van der Waals surface area (Å²) in [5.74, 6) is 1.82. The smallest absolute Gasteiger partial charge is 0.127 e. The Bertz CT molecular complexity index is 433. The van der Waals surface area contributed by atoms with Crippen LogP contribution in [0, 0.1) is 5.92 Å². The van der Waals surface area contributed by atoms with Gasteiger partial charge in [-0.05, 0) is 37.0 Å². The molecule has 2 rings (SSSR count). The second-order valence-electron chi connectivity index (χ2n) is 5.68. The van der Waals surface area contributed by atoms with Gasteiger partial charge in [-0.25, -0.2) is 0 Å². The molecule has 1 aromatic rings. The molecule has 19 heavy (non-hydrogen) atoms. The van der Waals surface area contributed by atoms with Crippen LogP contribution in [0.2, 0.25) is 5.02 Å². The molecule has 0 saturated carbocycles. The minimum Gasteiger partial charge on any atom is -0.493 e. The average Bonchev–Trinajstić information content (AvgIpc) is 2.83. The van der Waals surface area contributed by atoms with Crippen LogP contribution in [0.25, 0.3) is 0 Å². The normalized spacial score (nSPS) is 16.8. The van der Waals surface area contributed by atoms with E-state index in [1.807, 2.05) is 12.1 Å². The molecule has 1 heterocycles. The number of hydrogen-bond donors (Lipinski definition) is 1. The molecule has 3 heteroatoms. The molecule has 1 aromatic carbocycles. The van der Waals surface area contributed by atoms with E-state index in [0.29, 0.717) is 6.04 Å². The first-order valence-corrected chi connectivity index (χ1v) is 7.65. The molecule has 0 aromatic heterocycles. The molecule has 1 N–H and O–H groups in total. The summed E-state index contributed by atoms with van der Waals surface area (Å²) < 4.78 is 5.72. The monoisotopic (exact) mass is 281 g/mol. The summed E-state index contributed by atoms with van der Waals surface area (Å²) in [5, 5.41) is 4.40. The molecule has 0 amide bonds. The SMILES string of the molecule is CCC(C)CC(C)NCc1cc(Cl)cc2c1OCC2. The van der Waals surface area contributed by atoms with Crippen LogP contribution in [0.15, 0.2) is 12.1 Å². The molecule has 0 radical (unpaired) electrons. The summed E-state index contributed by atoms with van der Waals surface area (Å²) in [4.78, 5) is 0. The maximum absolute atomic E-state index is 6.17. The zero-order chi connectivity index (χ0) is 13.8. The quantitative estimate of drug-likeness (QED) is 0.844. The number of hydrogen-bond acceptors (Lipinski definition) is 2. The summed E-state index contributed by atoms with van der Waals surface area (Å²) in [5.41, 5.74) is 2.44. The first-order valence-electron chi connectivity index (χ1n) is 7.27. The Morgan fingerprint density at radius 2 is 2.16 bits per heavy atom. The van der Waals surface area contributed by atoms with Crippen LogP contribution < -0.4 is 10.1 Å². The van der Waals surface area contributed by atoms with Crippen LogP contribution in [0.1, 0.15) is 44.7 Å². The number of ether oxygens (including phenoxy) is 1. The van der Waals surface area contributed by atoms with Crippen molar-refractivity contribution < 1.29 is 4.74 Å². The molecule has 1 aliphatic heterocycles. The molecule has 0 fully saturated rings. The van der Waals surface area contributed by atoms with Gasteiger partial charge in [-0.15, -0.1) is 0 Å². The van der Waals surface area contributed by atoms with Crippen LogP contribution >= 0.6 is 11.6 Å². The maximum Gasteiger partial charge on any atom is 0.127 e. The van der Waals surface area contributed by atoms with Crippen molar-refractivity contribution in [1.29, 1.82) is 0 Å². The van der Waals surface area contributed by atoms with Crippen LogP contribution in [-0.2, 0) is 13.0 Å². The number of fused-ring (bicyclic) bond motifs is 1. The average molecular weight is 282 g/mol. The van der Waals surface area contributed by atoms with E-state index in [1.54, 1.807) is 0 Å². The Morgan fingerprint density at radius 1 is 1.37 bits per heavy atom. The van der Waals surface area contributed by atoms with E-state index in [0.717, 1.165) is 36.3 Å². The van der Waals surface area contributed by atoms with Gasteiger partial charge in [-0.3, -0.25) is 0 Å². The molecule has 0 saturated heterocycles. The number of benzene rings is 1. The van der Waals surface area contributed by atoms with Crippen molar-refractivity contribution in [2.75, 3.05) is 6.61 Å². The third kappa shape index (κ3) is 3.87. The van der Waals surface area contributed by atoms with Crippen LogP contribution in [0.3, 0.4) is 0 Å². The van der Waals surface area contributed by atoms with E-state index in [2.05, 4.69) is 26.1 Å². The number of halogens is 1. The van der Waals surface area contributed by atoms with E-state index >= 15 is 0 Å². The molecule has 2 nitrogen and oxygen atoms in total. The van der Waals surface area contributed by atoms with Gasteiger partial charge in [0.05, 0.1) is 6.61 Å². The Hall–Kier alpha value is -0.730. The van der Waals surface area contributed by atoms with Crippen molar-refractivity contribution in [2.24, 2.45) is 5.92 Å². The van der Waals surface area contributed by atoms with Gasteiger partial charge < -0.3 is 10.1 Å². The summed E-state index contributed by atoms with van der Waals surface area (Å²) in [7, 11) is 0. The van der Waals surface area contributed by atoms with Gasteiger partial charge in [0.2, 0.25) is 0 Å². The van der Waals surface area contributed by atoms with Crippen molar-refractivity contribution in [3.63, 3.8) is 0 Å². The van der Waals surface area contributed by atoms with Crippen LogP contribution in [-0.4, -0.2) is 12.6 Å². The highest BCUT2D eigenvalue weighted by atomic mass is 35.5. The zero-order valence-electron chi connectivity index (χ0n) is 12.1. The molecule has 106 valence electrons. The van der Waals surface area contributed by atoms with Crippen LogP contribution in [0.5, 0.6) is 5.75 Å². The highest BCUT2D eigenvalue weighted by Gasteiger charge is 2.18. The van der Waals surface area contributed by atoms with E-state index < -0.39 is 0 Å². The number of rotatable bonds is 6. The Labute approximate surface area is 121 Å². The first-order chi connectivity index (χ1) is 9.10. The van der Waals surface area contributed by atoms with Gasteiger partial charge in [0, 0.05) is 29.6 Å². The first kappa shape index (κ1) is 14.7. The van der Waals surface area contributed by atoms with Crippen molar-refractivity contribution in [3.05, 3.63) is 28.3 Å². The van der Waals surface area contributed by atoms with Gasteiger partial charge in [-0.2, -0.15) is 0 Å². The fraction of sp³-hybridized carbons (Fsp3) is 0.625. The van der Waals surface area contributed by atoms with E-state index in [-0.39, 0.29) is 0 Å². The second kappa shape index (κ2) is 6.62. The minimum absolute atomic E-state index is 0.519. The third-order valence-electron chi connectivity index (χ3n) is 3.92. The molecule has 2 atom stereocenters. The van der Waals surface area contributed by atoms with Crippen molar-refractivity contribution >= 4 is 11.6 Å². The van der Waals surface area contributed by atoms with Gasteiger partial charge in [-0.1, -0.05) is 31.9 Å². The third-order valence-corrected chi connectivity index (χ3v) is 4.14. The fourth-order valence-electron chi connectivity index (χ4n) is 2.62. The molecule has 0 spiro atoms. The van der Waals surface area contributed by atoms with Gasteiger partial charge >= 0.3 is 0 Å². The molecular weight excluding hydrogens is 258 g/mol. The lowest BCUT2D eigenvalue weighted by molar-refractivity contribution is 0.350. The van der Waals surface area contributed by atoms with Crippen molar-refractivity contribution in [3.8, 4) is 5.75 Å². The summed E-state index contributed by atoms with van der Waals surface area (Å²) >= 11 is 6.17. The lowest BCUT2D eigenvalue weighted by atomic mass is 10.00. The zero-order valence-corrected chi connectivity index (χ0v) is 12.9. The van der Waals surface area contributed by atoms with Crippen molar-refractivity contribution in [1.82, 2.24) is 5.32 Å². The highest BCUT2D eigenvalue weighted by molar-refractivity contribution is 6.30. The maximum atomic E-state index is 6.17. The molecule has 1 aliphatic rings. The van der Waals surface area contributed by atoms with Gasteiger partial charge in [0.25, 0.3) is 0 Å².